The van der Waals surface area contributed by atoms with Gasteiger partial charge < -0.3 is 5.73 Å². The molecule has 0 atom stereocenters. The minimum atomic E-state index is 0.312. The molecule has 0 aliphatic rings. The lowest BCUT2D eigenvalue weighted by Crippen LogP contribution is -2.02. The number of hydrogen-bond acceptors (Lipinski definition) is 2. The van der Waals surface area contributed by atoms with Gasteiger partial charge >= 0.3 is 0 Å². The van der Waals surface area contributed by atoms with Crippen molar-refractivity contribution in [3.8, 4) is 5.69 Å². The number of nitrogens with two attached hydrogens (primary N) is 1. The topological polar surface area (TPSA) is 43.8 Å². The standard InChI is InChI=1S/C13H8Cl3N3/c14-7-4-5-11-10(6-7)18-13(17)19(11)12-8(15)2-1-3-9(12)16/h1-6H,(H2,17,18). The zero-order chi connectivity index (χ0) is 13.6. The van der Waals surface area contributed by atoms with Gasteiger partial charge in [-0.05, 0) is 30.3 Å². The SMILES string of the molecule is Nc1nc2cc(Cl)ccc2n1-c1c(Cl)cccc1Cl. The summed E-state index contributed by atoms with van der Waals surface area (Å²) in [5.74, 6) is 0.312. The average molecular weight is 313 g/mol. The van der Waals surface area contributed by atoms with Crippen molar-refractivity contribution in [3.05, 3.63) is 51.5 Å². The van der Waals surface area contributed by atoms with Crippen LogP contribution < -0.4 is 5.73 Å². The summed E-state index contributed by atoms with van der Waals surface area (Å²) in [7, 11) is 0. The number of fused-ring (bicyclic) bond motifs is 1. The highest BCUT2D eigenvalue weighted by atomic mass is 35.5. The summed E-state index contributed by atoms with van der Waals surface area (Å²) in [5.41, 5.74) is 8.08. The molecule has 0 radical (unpaired) electrons. The largest absolute Gasteiger partial charge is 0.369 e. The van der Waals surface area contributed by atoms with Crippen LogP contribution >= 0.6 is 34.8 Å². The molecule has 0 aliphatic heterocycles. The minimum Gasteiger partial charge on any atom is -0.369 e. The van der Waals surface area contributed by atoms with Crippen LogP contribution in [0.5, 0.6) is 0 Å². The van der Waals surface area contributed by atoms with E-state index in [2.05, 4.69) is 4.98 Å². The summed E-state index contributed by atoms with van der Waals surface area (Å²) < 4.78 is 1.72. The van der Waals surface area contributed by atoms with Gasteiger partial charge in [0, 0.05) is 5.02 Å². The maximum absolute atomic E-state index is 6.21. The number of hydrogen-bond donors (Lipinski definition) is 1. The van der Waals surface area contributed by atoms with Gasteiger partial charge in [0.15, 0.2) is 0 Å². The third-order valence-corrected chi connectivity index (χ3v) is 3.65. The Morgan fingerprint density at radius 1 is 1.00 bits per heavy atom. The zero-order valence-corrected chi connectivity index (χ0v) is 11.8. The molecule has 3 nitrogen and oxygen atoms in total. The molecule has 6 heteroatoms. The zero-order valence-electron chi connectivity index (χ0n) is 9.57. The molecule has 0 aliphatic carbocycles. The van der Waals surface area contributed by atoms with Gasteiger partial charge in [-0.3, -0.25) is 4.57 Å². The predicted octanol–water partition coefficient (Wildman–Crippen LogP) is 4.57. The van der Waals surface area contributed by atoms with E-state index in [1.54, 1.807) is 34.9 Å². The number of para-hydroxylation sites is 1. The van der Waals surface area contributed by atoms with Crippen LogP contribution in [-0.2, 0) is 0 Å². The molecule has 1 aromatic heterocycles. The van der Waals surface area contributed by atoms with Crippen molar-refractivity contribution in [2.24, 2.45) is 0 Å². The second-order valence-corrected chi connectivity index (χ2v) is 5.26. The molecule has 0 unspecified atom stereocenters. The molecule has 3 rings (SSSR count). The normalized spacial score (nSPS) is 11.1. The van der Waals surface area contributed by atoms with Crippen LogP contribution in [0, 0.1) is 0 Å². The molecule has 0 spiro atoms. The highest BCUT2D eigenvalue weighted by Gasteiger charge is 2.15. The number of nitrogens with zero attached hydrogens (tertiary/aromatic N) is 2. The van der Waals surface area contributed by atoms with Crippen LogP contribution in [0.3, 0.4) is 0 Å². The summed E-state index contributed by atoms with van der Waals surface area (Å²) in [4.78, 5) is 4.27. The third-order valence-electron chi connectivity index (χ3n) is 2.80. The summed E-state index contributed by atoms with van der Waals surface area (Å²) in [6.45, 7) is 0. The smallest absolute Gasteiger partial charge is 0.206 e. The molecule has 0 saturated carbocycles. The fourth-order valence-corrected chi connectivity index (χ4v) is 2.74. The van der Waals surface area contributed by atoms with E-state index in [-0.39, 0.29) is 0 Å². The number of benzene rings is 2. The Morgan fingerprint density at radius 3 is 2.37 bits per heavy atom. The quantitative estimate of drug-likeness (QED) is 0.715. The summed E-state index contributed by atoms with van der Waals surface area (Å²) in [5, 5.41) is 1.62. The number of halogens is 3. The molecule has 2 aromatic carbocycles. The molecule has 19 heavy (non-hydrogen) atoms. The Labute approximate surface area is 124 Å². The van der Waals surface area contributed by atoms with Crippen molar-refractivity contribution in [1.82, 2.24) is 9.55 Å². The minimum absolute atomic E-state index is 0.312. The van der Waals surface area contributed by atoms with Crippen molar-refractivity contribution in [2.45, 2.75) is 0 Å². The van der Waals surface area contributed by atoms with Gasteiger partial charge in [-0.1, -0.05) is 40.9 Å². The molecular weight excluding hydrogens is 305 g/mol. The predicted molar refractivity (Wildman–Crippen MR) is 80.5 cm³/mol. The van der Waals surface area contributed by atoms with Gasteiger partial charge in [0.25, 0.3) is 0 Å². The average Bonchev–Trinajstić information content (AvgIpc) is 2.65. The Morgan fingerprint density at radius 2 is 1.68 bits per heavy atom. The fourth-order valence-electron chi connectivity index (χ4n) is 2.01. The number of rotatable bonds is 1. The Bertz CT molecular complexity index is 760. The van der Waals surface area contributed by atoms with Crippen LogP contribution in [0.4, 0.5) is 5.95 Å². The van der Waals surface area contributed by atoms with Gasteiger partial charge in [-0.2, -0.15) is 0 Å². The van der Waals surface area contributed by atoms with Gasteiger partial charge in [0.2, 0.25) is 5.95 Å². The Balaban J connectivity index is 2.40. The van der Waals surface area contributed by atoms with Crippen LogP contribution in [0.1, 0.15) is 0 Å². The molecule has 2 N–H and O–H groups in total. The molecule has 0 amide bonds. The van der Waals surface area contributed by atoms with E-state index in [9.17, 15) is 0 Å². The lowest BCUT2D eigenvalue weighted by atomic mass is 10.2. The maximum atomic E-state index is 6.21. The molecule has 0 fully saturated rings. The van der Waals surface area contributed by atoms with E-state index in [0.717, 1.165) is 5.52 Å². The molecule has 1 heterocycles. The van der Waals surface area contributed by atoms with Gasteiger partial charge in [-0.25, -0.2) is 4.98 Å². The van der Waals surface area contributed by atoms with E-state index in [1.165, 1.54) is 0 Å². The van der Waals surface area contributed by atoms with E-state index in [1.807, 2.05) is 6.07 Å². The molecule has 0 saturated heterocycles. The Hall–Kier alpha value is -1.42. The summed E-state index contributed by atoms with van der Waals surface area (Å²) in [6, 6.07) is 10.6. The van der Waals surface area contributed by atoms with Gasteiger partial charge in [0.05, 0.1) is 26.8 Å². The van der Waals surface area contributed by atoms with Crippen molar-refractivity contribution in [2.75, 3.05) is 5.73 Å². The fraction of sp³-hybridized carbons (Fsp3) is 0. The summed E-state index contributed by atoms with van der Waals surface area (Å²) >= 11 is 18.4. The summed E-state index contributed by atoms with van der Waals surface area (Å²) in [6.07, 6.45) is 0. The van der Waals surface area contributed by atoms with E-state index in [4.69, 9.17) is 40.5 Å². The van der Waals surface area contributed by atoms with Gasteiger partial charge in [0.1, 0.15) is 0 Å². The molecule has 3 aromatic rings. The van der Waals surface area contributed by atoms with Crippen LogP contribution in [-0.4, -0.2) is 9.55 Å². The Kier molecular flexibility index (Phi) is 3.05. The van der Waals surface area contributed by atoms with Crippen LogP contribution in [0.2, 0.25) is 15.1 Å². The lowest BCUT2D eigenvalue weighted by molar-refractivity contribution is 1.11. The first-order chi connectivity index (χ1) is 9.08. The van der Waals surface area contributed by atoms with Crippen molar-refractivity contribution < 1.29 is 0 Å². The molecular formula is C13H8Cl3N3. The number of imidazole rings is 1. The van der Waals surface area contributed by atoms with Crippen LogP contribution in [0.25, 0.3) is 16.7 Å². The van der Waals surface area contributed by atoms with E-state index in [0.29, 0.717) is 32.2 Å². The lowest BCUT2D eigenvalue weighted by Gasteiger charge is -2.10. The maximum Gasteiger partial charge on any atom is 0.206 e. The van der Waals surface area contributed by atoms with Crippen molar-refractivity contribution >= 4 is 51.8 Å². The highest BCUT2D eigenvalue weighted by molar-refractivity contribution is 6.38. The van der Waals surface area contributed by atoms with E-state index >= 15 is 0 Å². The van der Waals surface area contributed by atoms with E-state index < -0.39 is 0 Å². The number of aromatic nitrogens is 2. The first kappa shape index (κ1) is 12.6. The van der Waals surface area contributed by atoms with Gasteiger partial charge in [-0.15, -0.1) is 0 Å². The monoisotopic (exact) mass is 311 g/mol. The first-order valence-electron chi connectivity index (χ1n) is 5.46. The van der Waals surface area contributed by atoms with Crippen molar-refractivity contribution in [3.63, 3.8) is 0 Å². The number of nitrogen functional groups attached to an aromatic ring is 1. The second-order valence-electron chi connectivity index (χ2n) is 4.01. The number of anilines is 1. The first-order valence-corrected chi connectivity index (χ1v) is 6.59. The molecule has 96 valence electrons. The third kappa shape index (κ3) is 2.04. The highest BCUT2D eigenvalue weighted by Crippen LogP contribution is 2.33. The second kappa shape index (κ2) is 4.60. The molecule has 0 bridgehead atoms. The van der Waals surface area contributed by atoms with Crippen LogP contribution in [0.15, 0.2) is 36.4 Å². The van der Waals surface area contributed by atoms with Crippen molar-refractivity contribution in [1.29, 1.82) is 0 Å².